The summed E-state index contributed by atoms with van der Waals surface area (Å²) in [6, 6.07) is 12.5. The number of fused-ring (bicyclic) bond motifs is 2. The van der Waals surface area contributed by atoms with Gasteiger partial charge in [0, 0.05) is 13.1 Å². The van der Waals surface area contributed by atoms with Crippen molar-refractivity contribution in [2.24, 2.45) is 0 Å². The lowest BCUT2D eigenvalue weighted by Gasteiger charge is -2.19. The maximum atomic E-state index is 13.4. The van der Waals surface area contributed by atoms with Gasteiger partial charge in [0.1, 0.15) is 5.82 Å². The molecule has 2 aromatic carbocycles. The van der Waals surface area contributed by atoms with Crippen molar-refractivity contribution in [1.29, 1.82) is 0 Å². The molecule has 0 atom stereocenters. The molecule has 4 rings (SSSR count). The Morgan fingerprint density at radius 2 is 1.80 bits per heavy atom. The van der Waals surface area contributed by atoms with Gasteiger partial charge in [0.2, 0.25) is 0 Å². The van der Waals surface area contributed by atoms with E-state index in [1.165, 1.54) is 11.8 Å². The van der Waals surface area contributed by atoms with Gasteiger partial charge in [-0.3, -0.25) is 9.36 Å². The van der Waals surface area contributed by atoms with E-state index in [2.05, 4.69) is 23.3 Å². The number of para-hydroxylation sites is 1. The van der Waals surface area contributed by atoms with Crippen LogP contribution in [0.3, 0.4) is 0 Å². The molecule has 0 amide bonds. The molecular formula is C26H31N5O3S. The van der Waals surface area contributed by atoms with Gasteiger partial charge in [0.05, 0.1) is 33.3 Å². The predicted molar refractivity (Wildman–Crippen MR) is 140 cm³/mol. The van der Waals surface area contributed by atoms with E-state index in [9.17, 15) is 14.7 Å². The highest BCUT2D eigenvalue weighted by Gasteiger charge is 2.16. The summed E-state index contributed by atoms with van der Waals surface area (Å²) in [4.78, 5) is 36.6. The Morgan fingerprint density at radius 3 is 2.51 bits per heavy atom. The fraction of sp³-hybridized carbons (Fsp3) is 0.385. The van der Waals surface area contributed by atoms with Crippen LogP contribution in [0.5, 0.6) is 0 Å². The van der Waals surface area contributed by atoms with Crippen LogP contribution in [0, 0.1) is 0 Å². The third-order valence-electron chi connectivity index (χ3n) is 6.30. The average molecular weight is 494 g/mol. The number of carbonyl (C=O) groups is 1. The van der Waals surface area contributed by atoms with Crippen molar-refractivity contribution >= 4 is 39.7 Å². The van der Waals surface area contributed by atoms with E-state index in [0.717, 1.165) is 37.4 Å². The van der Waals surface area contributed by atoms with E-state index < -0.39 is 5.97 Å². The first-order valence-electron chi connectivity index (χ1n) is 12.0. The largest absolute Gasteiger partial charge is 0.478 e. The van der Waals surface area contributed by atoms with Gasteiger partial charge in [0.15, 0.2) is 5.16 Å². The number of thioether (sulfide) groups is 1. The van der Waals surface area contributed by atoms with Crippen LogP contribution in [0.15, 0.2) is 52.4 Å². The van der Waals surface area contributed by atoms with E-state index >= 15 is 0 Å². The highest BCUT2D eigenvalue weighted by atomic mass is 32.2. The maximum absolute atomic E-state index is 13.4. The molecule has 2 heterocycles. The number of nitrogens with zero attached hydrogens (tertiary/aromatic N) is 5. The van der Waals surface area contributed by atoms with Crippen LogP contribution in [0.4, 0.5) is 0 Å². The van der Waals surface area contributed by atoms with Crippen LogP contribution in [0.2, 0.25) is 0 Å². The molecule has 0 bridgehead atoms. The standard InChI is InChI=1S/C26H31N5O3S/c1-4-29(5-2)14-9-15-31-24(32)19-10-7-8-11-20(19)28-26(31)35-17-23-27-21-16-18(25(33)34)12-13-22(21)30(23)6-3/h7-8,10-13,16H,4-6,9,14-15,17H2,1-3H3,(H,33,34). The number of hydrogen-bond donors (Lipinski definition) is 1. The Labute approximate surface area is 208 Å². The smallest absolute Gasteiger partial charge is 0.335 e. The molecule has 8 nitrogen and oxygen atoms in total. The van der Waals surface area contributed by atoms with Crippen molar-refractivity contribution in [2.75, 3.05) is 19.6 Å². The zero-order valence-electron chi connectivity index (χ0n) is 20.4. The minimum atomic E-state index is -0.969. The molecule has 0 radical (unpaired) electrons. The predicted octanol–water partition coefficient (Wildman–Crippen LogP) is 4.49. The number of aryl methyl sites for hydroxylation is 1. The van der Waals surface area contributed by atoms with Crippen LogP contribution in [-0.2, 0) is 18.8 Å². The molecule has 0 aliphatic rings. The zero-order valence-corrected chi connectivity index (χ0v) is 21.2. The van der Waals surface area contributed by atoms with Crippen LogP contribution in [0.25, 0.3) is 21.9 Å². The second-order valence-corrected chi connectivity index (χ2v) is 9.26. The SMILES string of the molecule is CCN(CC)CCCn1c(SCc2nc3cc(C(=O)O)ccc3n2CC)nc2ccccc2c1=O. The maximum Gasteiger partial charge on any atom is 0.335 e. The third kappa shape index (κ3) is 5.26. The fourth-order valence-corrected chi connectivity index (χ4v) is 5.32. The van der Waals surface area contributed by atoms with E-state index in [-0.39, 0.29) is 11.1 Å². The fourth-order valence-electron chi connectivity index (χ4n) is 4.35. The number of benzene rings is 2. The van der Waals surface area contributed by atoms with Crippen molar-refractivity contribution < 1.29 is 9.90 Å². The molecule has 1 N–H and O–H groups in total. The van der Waals surface area contributed by atoms with Crippen molar-refractivity contribution in [1.82, 2.24) is 24.0 Å². The van der Waals surface area contributed by atoms with Crippen molar-refractivity contribution in [3.05, 3.63) is 64.2 Å². The number of aromatic nitrogens is 4. The van der Waals surface area contributed by atoms with Crippen molar-refractivity contribution in [3.63, 3.8) is 0 Å². The van der Waals surface area contributed by atoms with Crippen molar-refractivity contribution in [3.8, 4) is 0 Å². The molecule has 0 saturated heterocycles. The van der Waals surface area contributed by atoms with E-state index in [1.807, 2.05) is 31.2 Å². The summed E-state index contributed by atoms with van der Waals surface area (Å²) >= 11 is 1.49. The summed E-state index contributed by atoms with van der Waals surface area (Å²) in [6.45, 7) is 10.5. The molecular weight excluding hydrogens is 462 g/mol. The van der Waals surface area contributed by atoms with E-state index in [0.29, 0.717) is 40.4 Å². The lowest BCUT2D eigenvalue weighted by molar-refractivity contribution is 0.0697. The minimum Gasteiger partial charge on any atom is -0.478 e. The number of aromatic carboxylic acids is 1. The lowest BCUT2D eigenvalue weighted by Crippen LogP contribution is -2.28. The summed E-state index contributed by atoms with van der Waals surface area (Å²) in [5, 5.41) is 10.6. The molecule has 0 fully saturated rings. The van der Waals surface area contributed by atoms with Gasteiger partial charge >= 0.3 is 5.97 Å². The topological polar surface area (TPSA) is 93.2 Å². The van der Waals surface area contributed by atoms with Gasteiger partial charge in [-0.1, -0.05) is 37.7 Å². The lowest BCUT2D eigenvalue weighted by atomic mass is 10.2. The van der Waals surface area contributed by atoms with Crippen LogP contribution < -0.4 is 5.56 Å². The molecule has 2 aromatic heterocycles. The number of carboxylic acids is 1. The monoisotopic (exact) mass is 493 g/mol. The minimum absolute atomic E-state index is 0.0206. The quantitative estimate of drug-likeness (QED) is 0.243. The van der Waals surface area contributed by atoms with Gasteiger partial charge in [-0.25, -0.2) is 14.8 Å². The highest BCUT2D eigenvalue weighted by molar-refractivity contribution is 7.98. The molecule has 4 aromatic rings. The average Bonchev–Trinajstić information content (AvgIpc) is 3.23. The molecule has 9 heteroatoms. The van der Waals surface area contributed by atoms with Crippen LogP contribution in [-0.4, -0.2) is 54.7 Å². The van der Waals surface area contributed by atoms with Crippen LogP contribution >= 0.6 is 11.8 Å². The first-order chi connectivity index (χ1) is 17.0. The Morgan fingerprint density at radius 1 is 1.03 bits per heavy atom. The molecule has 35 heavy (non-hydrogen) atoms. The summed E-state index contributed by atoms with van der Waals surface area (Å²) in [5.41, 5.74) is 2.44. The molecule has 0 spiro atoms. The van der Waals surface area contributed by atoms with Gasteiger partial charge in [-0.2, -0.15) is 0 Å². The number of carboxylic acid groups (broad SMARTS) is 1. The molecule has 0 aliphatic heterocycles. The molecule has 0 saturated carbocycles. The van der Waals surface area contributed by atoms with Gasteiger partial charge in [-0.05, 0) is 63.3 Å². The van der Waals surface area contributed by atoms with Gasteiger partial charge in [-0.15, -0.1) is 0 Å². The highest BCUT2D eigenvalue weighted by Crippen LogP contribution is 2.25. The second kappa shape index (κ2) is 11.0. The Kier molecular flexibility index (Phi) is 7.87. The zero-order chi connectivity index (χ0) is 24.9. The Balaban J connectivity index is 1.66. The van der Waals surface area contributed by atoms with E-state index in [4.69, 9.17) is 9.97 Å². The normalized spacial score (nSPS) is 11.7. The Hall–Kier alpha value is -3.17. The summed E-state index contributed by atoms with van der Waals surface area (Å²) < 4.78 is 3.87. The van der Waals surface area contributed by atoms with Crippen LogP contribution in [0.1, 0.15) is 43.4 Å². The summed E-state index contributed by atoms with van der Waals surface area (Å²) in [6.07, 6.45) is 0.862. The summed E-state index contributed by atoms with van der Waals surface area (Å²) in [7, 11) is 0. The Bertz CT molecular complexity index is 1410. The van der Waals surface area contributed by atoms with E-state index in [1.54, 1.807) is 22.8 Å². The number of rotatable bonds is 11. The second-order valence-electron chi connectivity index (χ2n) is 8.32. The van der Waals surface area contributed by atoms with Gasteiger partial charge in [0.25, 0.3) is 5.56 Å². The first-order valence-corrected chi connectivity index (χ1v) is 13.0. The molecule has 0 aliphatic carbocycles. The molecule has 0 unspecified atom stereocenters. The number of imidazole rings is 1. The first kappa shape index (κ1) is 24.9. The number of hydrogen-bond acceptors (Lipinski definition) is 6. The summed E-state index contributed by atoms with van der Waals surface area (Å²) in [5.74, 6) is 0.376. The third-order valence-corrected chi connectivity index (χ3v) is 7.27. The van der Waals surface area contributed by atoms with Gasteiger partial charge < -0.3 is 14.6 Å². The van der Waals surface area contributed by atoms with Crippen molar-refractivity contribution in [2.45, 2.75) is 51.2 Å². The molecule has 184 valence electrons.